The molecule has 1 aromatic carbocycles. The maximum absolute atomic E-state index is 13.1. The van der Waals surface area contributed by atoms with Gasteiger partial charge < -0.3 is 5.32 Å². The zero-order valence-electron chi connectivity index (χ0n) is 16.5. The Morgan fingerprint density at radius 2 is 1.66 bits per heavy atom. The van der Waals surface area contributed by atoms with E-state index in [1.54, 1.807) is 39.9 Å². The van der Waals surface area contributed by atoms with Crippen LogP contribution in [0.2, 0.25) is 0 Å². The first-order chi connectivity index (χ1) is 13.9. The van der Waals surface area contributed by atoms with Crippen LogP contribution in [0, 0.1) is 0 Å². The number of nitrogens with zero attached hydrogens (tertiary/aromatic N) is 3. The SMILES string of the molecule is CC(=O)Nc1ccc(S(=O)(=O)N2CCCC(c3nnc(C4CCCC4)s3)C2)cc1. The number of carbonyl (C=O) groups is 1. The summed E-state index contributed by atoms with van der Waals surface area (Å²) in [5.41, 5.74) is 0.585. The first-order valence-corrected chi connectivity index (χ1v) is 12.4. The zero-order chi connectivity index (χ0) is 20.4. The number of amides is 1. The Bertz CT molecular complexity index is 966. The van der Waals surface area contributed by atoms with E-state index in [1.807, 2.05) is 0 Å². The fourth-order valence-corrected chi connectivity index (χ4v) is 6.84. The van der Waals surface area contributed by atoms with Crippen molar-refractivity contribution >= 4 is 33.0 Å². The molecule has 0 radical (unpaired) electrons. The average molecular weight is 435 g/mol. The molecule has 1 saturated carbocycles. The van der Waals surface area contributed by atoms with Gasteiger partial charge in [-0.3, -0.25) is 4.79 Å². The summed E-state index contributed by atoms with van der Waals surface area (Å²) < 4.78 is 27.8. The minimum absolute atomic E-state index is 0.102. The highest BCUT2D eigenvalue weighted by Crippen LogP contribution is 2.38. The second-order valence-electron chi connectivity index (χ2n) is 7.87. The number of carbonyl (C=O) groups excluding carboxylic acids is 1. The molecular formula is C20H26N4O3S2. The maximum Gasteiger partial charge on any atom is 0.243 e. The van der Waals surface area contributed by atoms with E-state index in [-0.39, 0.29) is 16.7 Å². The number of hydrogen-bond acceptors (Lipinski definition) is 6. The van der Waals surface area contributed by atoms with Gasteiger partial charge in [-0.1, -0.05) is 12.8 Å². The molecule has 9 heteroatoms. The largest absolute Gasteiger partial charge is 0.326 e. The van der Waals surface area contributed by atoms with E-state index >= 15 is 0 Å². The van der Waals surface area contributed by atoms with Gasteiger partial charge >= 0.3 is 0 Å². The number of nitrogens with one attached hydrogen (secondary N) is 1. The standard InChI is InChI=1S/C20H26N4O3S2/c1-14(25)21-17-8-10-18(11-9-17)29(26,27)24-12-4-7-16(13-24)20-23-22-19(28-20)15-5-2-3-6-15/h8-11,15-16H,2-7,12-13H2,1H3,(H,21,25). The maximum atomic E-state index is 13.1. The fourth-order valence-electron chi connectivity index (χ4n) is 4.17. The predicted octanol–water partition coefficient (Wildman–Crippen LogP) is 3.72. The number of anilines is 1. The summed E-state index contributed by atoms with van der Waals surface area (Å²) in [5, 5.41) is 13.6. The third kappa shape index (κ3) is 4.51. The topological polar surface area (TPSA) is 92.3 Å². The Kier molecular flexibility index (Phi) is 5.98. The Hall–Kier alpha value is -1.84. The van der Waals surface area contributed by atoms with Crippen molar-refractivity contribution < 1.29 is 13.2 Å². The van der Waals surface area contributed by atoms with Crippen molar-refractivity contribution in [1.82, 2.24) is 14.5 Å². The van der Waals surface area contributed by atoms with Crippen molar-refractivity contribution in [3.8, 4) is 0 Å². The highest BCUT2D eigenvalue weighted by Gasteiger charge is 2.33. The third-order valence-electron chi connectivity index (χ3n) is 5.71. The van der Waals surface area contributed by atoms with Crippen LogP contribution in [-0.4, -0.2) is 41.9 Å². The molecule has 1 N–H and O–H groups in total. The van der Waals surface area contributed by atoms with Crippen molar-refractivity contribution in [3.63, 3.8) is 0 Å². The van der Waals surface area contributed by atoms with Crippen molar-refractivity contribution in [2.24, 2.45) is 0 Å². The van der Waals surface area contributed by atoms with Gasteiger partial charge in [-0.05, 0) is 49.9 Å². The van der Waals surface area contributed by atoms with Crippen molar-refractivity contribution in [2.75, 3.05) is 18.4 Å². The first kappa shape index (κ1) is 20.4. The monoisotopic (exact) mass is 434 g/mol. The molecule has 2 heterocycles. The first-order valence-electron chi connectivity index (χ1n) is 10.1. The third-order valence-corrected chi connectivity index (χ3v) is 8.83. The lowest BCUT2D eigenvalue weighted by Gasteiger charge is -2.30. The lowest BCUT2D eigenvalue weighted by molar-refractivity contribution is -0.114. The molecular weight excluding hydrogens is 408 g/mol. The number of aromatic nitrogens is 2. The molecule has 1 aromatic heterocycles. The predicted molar refractivity (Wildman–Crippen MR) is 113 cm³/mol. The quantitative estimate of drug-likeness (QED) is 0.774. The molecule has 1 saturated heterocycles. The second kappa shape index (κ2) is 8.49. The molecule has 1 aliphatic carbocycles. The molecule has 156 valence electrons. The number of benzene rings is 1. The molecule has 1 aliphatic heterocycles. The van der Waals surface area contributed by atoms with E-state index in [1.165, 1.54) is 32.6 Å². The van der Waals surface area contributed by atoms with Crippen LogP contribution in [0.1, 0.15) is 67.3 Å². The fraction of sp³-hybridized carbons (Fsp3) is 0.550. The summed E-state index contributed by atoms with van der Waals surface area (Å²) in [4.78, 5) is 11.4. The average Bonchev–Trinajstić information content (AvgIpc) is 3.40. The van der Waals surface area contributed by atoms with Gasteiger partial charge in [0.2, 0.25) is 15.9 Å². The van der Waals surface area contributed by atoms with Gasteiger partial charge in [0.1, 0.15) is 10.0 Å². The molecule has 2 aliphatic rings. The van der Waals surface area contributed by atoms with Gasteiger partial charge in [-0.15, -0.1) is 21.5 Å². The van der Waals surface area contributed by atoms with Crippen LogP contribution < -0.4 is 5.32 Å². The van der Waals surface area contributed by atoms with Crippen LogP contribution in [0.3, 0.4) is 0 Å². The van der Waals surface area contributed by atoms with Gasteiger partial charge in [0.05, 0.1) is 4.90 Å². The summed E-state index contributed by atoms with van der Waals surface area (Å²) in [6, 6.07) is 6.34. The Balaban J connectivity index is 1.47. The summed E-state index contributed by atoms with van der Waals surface area (Å²) >= 11 is 1.67. The lowest BCUT2D eigenvalue weighted by Crippen LogP contribution is -2.39. The normalized spacial score (nSPS) is 21.3. The van der Waals surface area contributed by atoms with Gasteiger partial charge in [0, 0.05) is 37.5 Å². The van der Waals surface area contributed by atoms with Crippen LogP contribution in [0.5, 0.6) is 0 Å². The van der Waals surface area contributed by atoms with Crippen molar-refractivity contribution in [1.29, 1.82) is 0 Å². The molecule has 0 spiro atoms. The van der Waals surface area contributed by atoms with Crippen LogP contribution in [0.15, 0.2) is 29.2 Å². The molecule has 2 fully saturated rings. The Morgan fingerprint density at radius 1 is 1.03 bits per heavy atom. The van der Waals surface area contributed by atoms with Gasteiger partial charge in [-0.25, -0.2) is 8.42 Å². The molecule has 2 aromatic rings. The van der Waals surface area contributed by atoms with Crippen LogP contribution >= 0.6 is 11.3 Å². The van der Waals surface area contributed by atoms with Gasteiger partial charge in [-0.2, -0.15) is 4.31 Å². The van der Waals surface area contributed by atoms with E-state index < -0.39 is 10.0 Å². The molecule has 1 atom stereocenters. The van der Waals surface area contributed by atoms with E-state index in [4.69, 9.17) is 0 Å². The number of rotatable bonds is 5. The minimum atomic E-state index is -3.58. The van der Waals surface area contributed by atoms with Crippen LogP contribution in [-0.2, 0) is 14.8 Å². The highest BCUT2D eigenvalue weighted by molar-refractivity contribution is 7.89. The highest BCUT2D eigenvalue weighted by atomic mass is 32.2. The van der Waals surface area contributed by atoms with E-state index in [9.17, 15) is 13.2 Å². The summed E-state index contributed by atoms with van der Waals surface area (Å²) in [7, 11) is -3.58. The minimum Gasteiger partial charge on any atom is -0.326 e. The molecule has 29 heavy (non-hydrogen) atoms. The number of hydrogen-bond donors (Lipinski definition) is 1. The van der Waals surface area contributed by atoms with Crippen LogP contribution in [0.4, 0.5) is 5.69 Å². The molecule has 1 unspecified atom stereocenters. The Morgan fingerprint density at radius 3 is 2.31 bits per heavy atom. The molecule has 1 amide bonds. The van der Waals surface area contributed by atoms with Crippen LogP contribution in [0.25, 0.3) is 0 Å². The molecule has 7 nitrogen and oxygen atoms in total. The summed E-state index contributed by atoms with van der Waals surface area (Å²) in [6.45, 7) is 2.37. The van der Waals surface area contributed by atoms with E-state index in [0.29, 0.717) is 24.7 Å². The Labute approximate surface area is 175 Å². The lowest BCUT2D eigenvalue weighted by atomic mass is 10.0. The van der Waals surface area contributed by atoms with Gasteiger partial charge in [0.25, 0.3) is 0 Å². The van der Waals surface area contributed by atoms with Gasteiger partial charge in [0.15, 0.2) is 0 Å². The summed E-state index contributed by atoms with van der Waals surface area (Å²) in [6.07, 6.45) is 6.65. The molecule has 4 rings (SSSR count). The zero-order valence-corrected chi connectivity index (χ0v) is 18.1. The summed E-state index contributed by atoms with van der Waals surface area (Å²) in [5.74, 6) is 0.449. The number of piperidine rings is 1. The molecule has 0 bridgehead atoms. The number of sulfonamides is 1. The second-order valence-corrected chi connectivity index (χ2v) is 10.8. The smallest absolute Gasteiger partial charge is 0.243 e. The van der Waals surface area contributed by atoms with E-state index in [2.05, 4.69) is 15.5 Å². The van der Waals surface area contributed by atoms with Crippen molar-refractivity contribution in [3.05, 3.63) is 34.3 Å². The van der Waals surface area contributed by atoms with Crippen molar-refractivity contribution in [2.45, 2.75) is 62.2 Å². The van der Waals surface area contributed by atoms with E-state index in [0.717, 1.165) is 22.9 Å².